The number of aromatic nitrogens is 5. The van der Waals surface area contributed by atoms with Crippen molar-refractivity contribution in [1.29, 1.82) is 0 Å². The zero-order valence-electron chi connectivity index (χ0n) is 17.4. The van der Waals surface area contributed by atoms with Crippen molar-refractivity contribution in [2.75, 3.05) is 0 Å². The Balaban J connectivity index is 1.56. The molecule has 0 aliphatic carbocycles. The van der Waals surface area contributed by atoms with Crippen LogP contribution in [0.4, 0.5) is 4.39 Å². The zero-order valence-corrected chi connectivity index (χ0v) is 19.0. The van der Waals surface area contributed by atoms with Gasteiger partial charge in [0, 0.05) is 23.6 Å². The topological polar surface area (TPSA) is 65.1 Å². The number of thioether (sulfide) groups is 1. The van der Waals surface area contributed by atoms with Gasteiger partial charge in [0.05, 0.1) is 16.4 Å². The Morgan fingerprint density at radius 2 is 1.82 bits per heavy atom. The Morgan fingerprint density at radius 1 is 1.03 bits per heavy atom. The first-order valence-electron chi connectivity index (χ1n) is 10.1. The van der Waals surface area contributed by atoms with Crippen LogP contribution in [0.5, 0.6) is 0 Å². The van der Waals surface area contributed by atoms with E-state index in [-0.39, 0.29) is 5.56 Å². The quantitative estimate of drug-likeness (QED) is 0.320. The predicted molar refractivity (Wildman–Crippen MR) is 128 cm³/mol. The summed E-state index contributed by atoms with van der Waals surface area (Å²) in [5, 5.41) is 9.55. The first kappa shape index (κ1) is 21.4. The van der Waals surface area contributed by atoms with Gasteiger partial charge in [0.25, 0.3) is 5.56 Å². The van der Waals surface area contributed by atoms with E-state index < -0.39 is 5.82 Å². The molecule has 5 rings (SSSR count). The molecule has 0 bridgehead atoms. The minimum absolute atomic E-state index is 0.161. The summed E-state index contributed by atoms with van der Waals surface area (Å²) >= 11 is 7.71. The van der Waals surface area contributed by atoms with Crippen LogP contribution in [0.1, 0.15) is 11.3 Å². The second kappa shape index (κ2) is 8.80. The predicted octanol–water partition coefficient (Wildman–Crippen LogP) is 5.34. The molecule has 164 valence electrons. The van der Waals surface area contributed by atoms with Crippen LogP contribution in [-0.2, 0) is 5.75 Å². The number of rotatable bonds is 5. The van der Waals surface area contributed by atoms with E-state index in [4.69, 9.17) is 11.6 Å². The van der Waals surface area contributed by atoms with Crippen LogP contribution in [0.25, 0.3) is 22.7 Å². The van der Waals surface area contributed by atoms with Crippen molar-refractivity contribution >= 4 is 29.0 Å². The van der Waals surface area contributed by atoms with Gasteiger partial charge in [-0.2, -0.15) is 0 Å². The van der Waals surface area contributed by atoms with E-state index in [9.17, 15) is 9.18 Å². The summed E-state index contributed by atoms with van der Waals surface area (Å²) in [6.45, 7) is 1.92. The molecular weight excluding hydrogens is 461 g/mol. The van der Waals surface area contributed by atoms with Gasteiger partial charge in [-0.15, -0.1) is 10.2 Å². The van der Waals surface area contributed by atoms with Crippen molar-refractivity contribution < 1.29 is 4.39 Å². The van der Waals surface area contributed by atoms with Crippen molar-refractivity contribution in [3.63, 3.8) is 0 Å². The van der Waals surface area contributed by atoms with E-state index >= 15 is 0 Å². The van der Waals surface area contributed by atoms with Crippen LogP contribution >= 0.6 is 23.4 Å². The van der Waals surface area contributed by atoms with Crippen LogP contribution in [0.2, 0.25) is 5.02 Å². The van der Waals surface area contributed by atoms with E-state index in [1.54, 1.807) is 35.0 Å². The molecular formula is C24H17ClFN5OS. The van der Waals surface area contributed by atoms with Gasteiger partial charge in [0.1, 0.15) is 11.5 Å². The fourth-order valence-corrected chi connectivity index (χ4v) is 4.56. The fraction of sp³-hybridized carbons (Fsp3) is 0.0833. The van der Waals surface area contributed by atoms with Gasteiger partial charge < -0.3 is 0 Å². The van der Waals surface area contributed by atoms with E-state index in [0.717, 1.165) is 5.56 Å². The molecule has 0 N–H and O–H groups in total. The summed E-state index contributed by atoms with van der Waals surface area (Å²) in [5.74, 6) is 0.370. The Morgan fingerprint density at radius 3 is 2.64 bits per heavy atom. The smallest absolute Gasteiger partial charge is 0.258 e. The van der Waals surface area contributed by atoms with Crippen LogP contribution in [0.15, 0.2) is 82.9 Å². The first-order valence-corrected chi connectivity index (χ1v) is 11.4. The summed E-state index contributed by atoms with van der Waals surface area (Å²) in [5.41, 5.74) is 2.92. The number of benzene rings is 2. The molecule has 0 aliphatic heterocycles. The van der Waals surface area contributed by atoms with Gasteiger partial charge in [-0.3, -0.25) is 13.8 Å². The van der Waals surface area contributed by atoms with E-state index in [2.05, 4.69) is 15.2 Å². The number of hydrogen-bond donors (Lipinski definition) is 0. The molecule has 0 fully saturated rings. The Kier molecular flexibility index (Phi) is 5.70. The lowest BCUT2D eigenvalue weighted by Crippen LogP contribution is -2.15. The minimum Gasteiger partial charge on any atom is -0.269 e. The van der Waals surface area contributed by atoms with Crippen LogP contribution in [0.3, 0.4) is 0 Å². The zero-order chi connectivity index (χ0) is 22.9. The molecule has 0 saturated carbocycles. The Bertz CT molecular complexity index is 1550. The number of halogens is 2. The van der Waals surface area contributed by atoms with Crippen LogP contribution in [-0.4, -0.2) is 24.1 Å². The second-order valence-corrected chi connectivity index (χ2v) is 8.73. The molecule has 0 radical (unpaired) electrons. The maximum atomic E-state index is 14.8. The third kappa shape index (κ3) is 4.15. The highest BCUT2D eigenvalue weighted by molar-refractivity contribution is 7.98. The average molecular weight is 478 g/mol. The maximum Gasteiger partial charge on any atom is 0.258 e. The van der Waals surface area contributed by atoms with Gasteiger partial charge in [-0.05, 0) is 42.8 Å². The molecule has 6 nitrogen and oxygen atoms in total. The SMILES string of the molecule is Cc1ccc2nc(CSc3nnc(-c4ccccc4Cl)n3-c3ccccc3F)cc(=O)n2c1. The van der Waals surface area contributed by atoms with Crippen molar-refractivity contribution in [2.45, 2.75) is 17.8 Å². The number of hydrogen-bond acceptors (Lipinski definition) is 5. The molecule has 3 heterocycles. The third-order valence-corrected chi connectivity index (χ3v) is 6.34. The molecule has 3 aromatic heterocycles. The van der Waals surface area contributed by atoms with Gasteiger partial charge in [-0.25, -0.2) is 9.37 Å². The van der Waals surface area contributed by atoms with Gasteiger partial charge >= 0.3 is 0 Å². The monoisotopic (exact) mass is 477 g/mol. The molecule has 0 atom stereocenters. The molecule has 2 aromatic carbocycles. The summed E-state index contributed by atoms with van der Waals surface area (Å²) in [6.07, 6.45) is 1.76. The molecule has 33 heavy (non-hydrogen) atoms. The number of pyridine rings is 1. The van der Waals surface area contributed by atoms with Crippen LogP contribution < -0.4 is 5.56 Å². The molecule has 0 amide bonds. The molecule has 0 unspecified atom stereocenters. The maximum absolute atomic E-state index is 14.8. The number of fused-ring (bicyclic) bond motifs is 1. The highest BCUT2D eigenvalue weighted by Crippen LogP contribution is 2.33. The summed E-state index contributed by atoms with van der Waals surface area (Å²) in [7, 11) is 0. The van der Waals surface area contributed by atoms with E-state index in [1.165, 1.54) is 28.3 Å². The summed E-state index contributed by atoms with van der Waals surface area (Å²) in [4.78, 5) is 17.1. The average Bonchev–Trinajstić information content (AvgIpc) is 3.22. The van der Waals surface area contributed by atoms with E-state index in [0.29, 0.717) is 44.3 Å². The lowest BCUT2D eigenvalue weighted by atomic mass is 10.2. The van der Waals surface area contributed by atoms with Crippen molar-refractivity contribution in [3.05, 3.63) is 105 Å². The van der Waals surface area contributed by atoms with Crippen LogP contribution in [0, 0.1) is 12.7 Å². The van der Waals surface area contributed by atoms with Gasteiger partial charge in [-0.1, -0.05) is 53.7 Å². The van der Waals surface area contributed by atoms with Crippen molar-refractivity contribution in [3.8, 4) is 17.1 Å². The van der Waals surface area contributed by atoms with Crippen molar-refractivity contribution in [2.24, 2.45) is 0 Å². The molecule has 0 spiro atoms. The molecule has 5 aromatic rings. The fourth-order valence-electron chi connectivity index (χ4n) is 3.50. The number of aryl methyl sites for hydroxylation is 1. The summed E-state index contributed by atoms with van der Waals surface area (Å²) < 4.78 is 17.9. The lowest BCUT2D eigenvalue weighted by Gasteiger charge is -2.12. The second-order valence-electron chi connectivity index (χ2n) is 7.38. The Labute approximate surface area is 197 Å². The van der Waals surface area contributed by atoms with E-state index in [1.807, 2.05) is 37.3 Å². The van der Waals surface area contributed by atoms with Crippen molar-refractivity contribution in [1.82, 2.24) is 24.1 Å². The number of nitrogens with zero attached hydrogens (tertiary/aromatic N) is 5. The lowest BCUT2D eigenvalue weighted by molar-refractivity contribution is 0.613. The molecule has 0 aliphatic rings. The summed E-state index contributed by atoms with van der Waals surface area (Å²) in [6, 6.07) is 18.8. The standard InChI is InChI=1S/C24H17ClFN5OS/c1-15-10-11-21-27-16(12-22(32)30(21)13-15)14-33-24-29-28-23(17-6-2-3-7-18(17)25)31(24)20-9-5-4-8-19(20)26/h2-13H,14H2,1H3. The highest BCUT2D eigenvalue weighted by Gasteiger charge is 2.20. The van der Waals surface area contributed by atoms with Gasteiger partial charge in [0.2, 0.25) is 0 Å². The minimum atomic E-state index is -0.412. The first-order chi connectivity index (χ1) is 16.0. The Hall–Kier alpha value is -3.49. The third-order valence-electron chi connectivity index (χ3n) is 5.05. The molecule has 9 heteroatoms. The molecule has 0 saturated heterocycles. The highest BCUT2D eigenvalue weighted by atomic mass is 35.5. The largest absolute Gasteiger partial charge is 0.269 e. The number of para-hydroxylation sites is 1. The normalized spacial score (nSPS) is 11.2. The van der Waals surface area contributed by atoms with Gasteiger partial charge in [0.15, 0.2) is 11.0 Å².